The van der Waals surface area contributed by atoms with Gasteiger partial charge in [-0.05, 0) is 31.6 Å². The summed E-state index contributed by atoms with van der Waals surface area (Å²) < 4.78 is 0. The van der Waals surface area contributed by atoms with Crippen molar-refractivity contribution in [3.05, 3.63) is 11.1 Å². The van der Waals surface area contributed by atoms with Crippen molar-refractivity contribution < 1.29 is 0 Å². The molecule has 0 heterocycles. The van der Waals surface area contributed by atoms with Gasteiger partial charge < -0.3 is 0 Å². The largest absolute Gasteiger partial charge is 0.193 e. The van der Waals surface area contributed by atoms with E-state index in [-0.39, 0.29) is 0 Å². The summed E-state index contributed by atoms with van der Waals surface area (Å²) in [5, 5.41) is 8.58. The first-order chi connectivity index (χ1) is 4.40. The monoisotopic (exact) mass is 119 g/mol. The van der Waals surface area contributed by atoms with Gasteiger partial charge in [0.15, 0.2) is 0 Å². The zero-order valence-corrected chi connectivity index (χ0v) is 5.35. The highest BCUT2D eigenvalue weighted by molar-refractivity contribution is 5.35. The second-order valence-electron chi connectivity index (χ2n) is 3.01. The lowest BCUT2D eigenvalue weighted by molar-refractivity contribution is 0.568. The van der Waals surface area contributed by atoms with Crippen molar-refractivity contribution in [1.82, 2.24) is 0 Å². The van der Waals surface area contributed by atoms with Crippen LogP contribution in [0.5, 0.6) is 0 Å². The highest BCUT2D eigenvalue weighted by atomic mass is 14.4. The summed E-state index contributed by atoms with van der Waals surface area (Å²) in [6.45, 7) is 0. The molecular formula is C8H9N. The summed E-state index contributed by atoms with van der Waals surface area (Å²) in [5.74, 6) is 0.856. The van der Waals surface area contributed by atoms with E-state index in [0.29, 0.717) is 0 Å². The fourth-order valence-electron chi connectivity index (χ4n) is 1.94. The van der Waals surface area contributed by atoms with Crippen LogP contribution in [0.25, 0.3) is 0 Å². The molecule has 0 aromatic heterocycles. The molecule has 1 heteroatoms. The fourth-order valence-corrected chi connectivity index (χ4v) is 1.94. The van der Waals surface area contributed by atoms with Crippen LogP contribution in [-0.4, -0.2) is 0 Å². The molecule has 0 aliphatic heterocycles. The summed E-state index contributed by atoms with van der Waals surface area (Å²) >= 11 is 0. The summed E-state index contributed by atoms with van der Waals surface area (Å²) in [5.41, 5.74) is 2.56. The molecule has 46 valence electrons. The van der Waals surface area contributed by atoms with Crippen LogP contribution >= 0.6 is 0 Å². The molecule has 1 fully saturated rings. The molecule has 1 nitrogen and oxygen atoms in total. The normalized spacial score (nSPS) is 31.2. The molecule has 0 N–H and O–H groups in total. The zero-order valence-electron chi connectivity index (χ0n) is 5.35. The van der Waals surface area contributed by atoms with E-state index >= 15 is 0 Å². The van der Waals surface area contributed by atoms with Gasteiger partial charge >= 0.3 is 0 Å². The van der Waals surface area contributed by atoms with Crippen LogP contribution in [0.3, 0.4) is 0 Å². The predicted octanol–water partition coefficient (Wildman–Crippen LogP) is 2.01. The molecule has 2 aliphatic carbocycles. The number of hydrogen-bond acceptors (Lipinski definition) is 1. The molecule has 2 bridgehead atoms. The maximum atomic E-state index is 8.58. The molecule has 1 atom stereocenters. The van der Waals surface area contributed by atoms with E-state index in [0.717, 1.165) is 17.9 Å². The SMILES string of the molecule is N#CC1=C2CCC(C1)C2. The minimum atomic E-state index is 0.856. The third-order valence-corrected chi connectivity index (χ3v) is 2.44. The van der Waals surface area contributed by atoms with Crippen molar-refractivity contribution in [1.29, 1.82) is 5.26 Å². The Hall–Kier alpha value is -0.770. The smallest absolute Gasteiger partial charge is 0.0946 e. The summed E-state index contributed by atoms with van der Waals surface area (Å²) in [7, 11) is 0. The van der Waals surface area contributed by atoms with E-state index in [1.54, 1.807) is 0 Å². The number of rotatable bonds is 0. The Bertz CT molecular complexity index is 207. The first-order valence-electron chi connectivity index (χ1n) is 3.51. The van der Waals surface area contributed by atoms with E-state index in [9.17, 15) is 0 Å². The van der Waals surface area contributed by atoms with Crippen LogP contribution < -0.4 is 0 Å². The molecule has 0 amide bonds. The second kappa shape index (κ2) is 1.60. The Labute approximate surface area is 55.0 Å². The van der Waals surface area contributed by atoms with E-state index in [1.165, 1.54) is 24.8 Å². The fraction of sp³-hybridized carbons (Fsp3) is 0.625. The van der Waals surface area contributed by atoms with Gasteiger partial charge in [0.2, 0.25) is 0 Å². The molecule has 1 saturated carbocycles. The summed E-state index contributed by atoms with van der Waals surface area (Å²) in [6.07, 6.45) is 4.89. The van der Waals surface area contributed by atoms with Crippen molar-refractivity contribution in [2.75, 3.05) is 0 Å². The lowest BCUT2D eigenvalue weighted by Gasteiger charge is -2.03. The van der Waals surface area contributed by atoms with E-state index in [4.69, 9.17) is 5.26 Å². The predicted molar refractivity (Wildman–Crippen MR) is 34.6 cm³/mol. The first kappa shape index (κ1) is 5.05. The van der Waals surface area contributed by atoms with Crippen LogP contribution in [0.2, 0.25) is 0 Å². The van der Waals surface area contributed by atoms with E-state index in [2.05, 4.69) is 6.07 Å². The molecule has 9 heavy (non-hydrogen) atoms. The average molecular weight is 119 g/mol. The third-order valence-electron chi connectivity index (χ3n) is 2.44. The lowest BCUT2D eigenvalue weighted by atomic mass is 10.0. The van der Waals surface area contributed by atoms with Gasteiger partial charge in [-0.15, -0.1) is 0 Å². The number of hydrogen-bond donors (Lipinski definition) is 0. The molecule has 0 aromatic rings. The number of allylic oxidation sites excluding steroid dienone is 2. The topological polar surface area (TPSA) is 23.8 Å². The highest BCUT2D eigenvalue weighted by Gasteiger charge is 2.29. The van der Waals surface area contributed by atoms with Gasteiger partial charge in [0.05, 0.1) is 6.07 Å². The van der Waals surface area contributed by atoms with Crippen molar-refractivity contribution in [3.8, 4) is 6.07 Å². The third kappa shape index (κ3) is 0.595. The summed E-state index contributed by atoms with van der Waals surface area (Å²) in [4.78, 5) is 0. The molecular weight excluding hydrogens is 110 g/mol. The Morgan fingerprint density at radius 3 is 2.67 bits per heavy atom. The number of nitrogens with zero attached hydrogens (tertiary/aromatic N) is 1. The van der Waals surface area contributed by atoms with Crippen LogP contribution in [0.4, 0.5) is 0 Å². The van der Waals surface area contributed by atoms with Crippen molar-refractivity contribution in [2.24, 2.45) is 5.92 Å². The highest BCUT2D eigenvalue weighted by Crippen LogP contribution is 2.43. The van der Waals surface area contributed by atoms with Gasteiger partial charge in [0, 0.05) is 5.57 Å². The number of fused-ring (bicyclic) bond motifs is 2. The number of nitriles is 1. The van der Waals surface area contributed by atoms with Gasteiger partial charge in [-0.1, -0.05) is 5.57 Å². The molecule has 0 saturated heterocycles. The lowest BCUT2D eigenvalue weighted by Crippen LogP contribution is -1.91. The van der Waals surface area contributed by atoms with Crippen molar-refractivity contribution in [2.45, 2.75) is 25.7 Å². The average Bonchev–Trinajstić information content (AvgIpc) is 2.45. The quantitative estimate of drug-likeness (QED) is 0.478. The minimum absolute atomic E-state index is 0.856. The van der Waals surface area contributed by atoms with Crippen LogP contribution in [0, 0.1) is 17.2 Å². The van der Waals surface area contributed by atoms with Crippen LogP contribution in [0.1, 0.15) is 25.7 Å². The van der Waals surface area contributed by atoms with Gasteiger partial charge in [0.25, 0.3) is 0 Å². The van der Waals surface area contributed by atoms with Crippen molar-refractivity contribution in [3.63, 3.8) is 0 Å². The molecule has 2 aliphatic rings. The van der Waals surface area contributed by atoms with Gasteiger partial charge in [-0.3, -0.25) is 0 Å². The van der Waals surface area contributed by atoms with Crippen molar-refractivity contribution >= 4 is 0 Å². The molecule has 0 aromatic carbocycles. The standard InChI is InChI=1S/C8H9N/c9-5-8-4-6-1-2-7(8)3-6/h6H,1-4H2. The van der Waals surface area contributed by atoms with E-state index in [1.807, 2.05) is 0 Å². The van der Waals surface area contributed by atoms with Crippen LogP contribution in [0.15, 0.2) is 11.1 Å². The Morgan fingerprint density at radius 1 is 1.44 bits per heavy atom. The van der Waals surface area contributed by atoms with Gasteiger partial charge in [0.1, 0.15) is 0 Å². The van der Waals surface area contributed by atoms with E-state index < -0.39 is 0 Å². The Balaban J connectivity index is 2.35. The summed E-state index contributed by atoms with van der Waals surface area (Å²) in [6, 6.07) is 2.27. The molecule has 0 radical (unpaired) electrons. The second-order valence-corrected chi connectivity index (χ2v) is 3.01. The maximum absolute atomic E-state index is 8.58. The maximum Gasteiger partial charge on any atom is 0.0946 e. The van der Waals surface area contributed by atoms with Gasteiger partial charge in [-0.2, -0.15) is 5.26 Å². The molecule has 0 spiro atoms. The Kier molecular flexibility index (Phi) is 0.900. The molecule has 2 rings (SSSR count). The first-order valence-corrected chi connectivity index (χ1v) is 3.51. The van der Waals surface area contributed by atoms with Crippen LogP contribution in [-0.2, 0) is 0 Å². The molecule has 1 unspecified atom stereocenters. The minimum Gasteiger partial charge on any atom is -0.193 e. The van der Waals surface area contributed by atoms with Gasteiger partial charge in [-0.25, -0.2) is 0 Å². The zero-order chi connectivity index (χ0) is 6.27. The Morgan fingerprint density at radius 2 is 2.33 bits per heavy atom.